The van der Waals surface area contributed by atoms with Gasteiger partial charge in [0.1, 0.15) is 11.5 Å². The van der Waals surface area contributed by atoms with Gasteiger partial charge in [0.05, 0.1) is 6.61 Å². The van der Waals surface area contributed by atoms with Crippen molar-refractivity contribution in [3.8, 4) is 11.5 Å². The fraction of sp³-hybridized carbons (Fsp3) is 0.125. The molecule has 0 saturated carbocycles. The predicted molar refractivity (Wildman–Crippen MR) is 83.0 cm³/mol. The Morgan fingerprint density at radius 1 is 0.909 bits per heavy atom. The molecule has 0 aromatic heterocycles. The number of hydrogen-bond donors (Lipinski definition) is 3. The summed E-state index contributed by atoms with van der Waals surface area (Å²) in [6.45, 7) is 2.43. The van der Waals surface area contributed by atoms with Gasteiger partial charge in [0.15, 0.2) is 0 Å². The molecule has 22 heavy (non-hydrogen) atoms. The van der Waals surface area contributed by atoms with E-state index in [9.17, 15) is 9.59 Å². The van der Waals surface area contributed by atoms with E-state index < -0.39 is 11.8 Å². The van der Waals surface area contributed by atoms with Crippen molar-refractivity contribution < 1.29 is 19.4 Å². The van der Waals surface area contributed by atoms with Gasteiger partial charge < -0.3 is 20.5 Å². The topological polar surface area (TPSA) is 87.7 Å². The lowest BCUT2D eigenvalue weighted by Crippen LogP contribution is -2.29. The number of anilines is 2. The van der Waals surface area contributed by atoms with Gasteiger partial charge in [-0.1, -0.05) is 0 Å². The van der Waals surface area contributed by atoms with Crippen LogP contribution in [0.5, 0.6) is 11.5 Å². The minimum Gasteiger partial charge on any atom is -0.508 e. The van der Waals surface area contributed by atoms with Gasteiger partial charge in [0.2, 0.25) is 0 Å². The van der Waals surface area contributed by atoms with Gasteiger partial charge >= 0.3 is 11.8 Å². The standard InChI is InChI=1S/C16H16N2O4/c1-2-22-14-9-5-12(6-10-14)18-16(21)15(20)17-11-3-7-13(19)8-4-11/h3-10,19H,2H2,1H3,(H,17,20)(H,18,21). The normalized spacial score (nSPS) is 9.86. The number of phenolic OH excluding ortho intramolecular Hbond substituents is 1. The molecule has 114 valence electrons. The van der Waals surface area contributed by atoms with Gasteiger partial charge in [-0.2, -0.15) is 0 Å². The van der Waals surface area contributed by atoms with Crippen LogP contribution in [0.4, 0.5) is 11.4 Å². The number of hydrogen-bond acceptors (Lipinski definition) is 4. The summed E-state index contributed by atoms with van der Waals surface area (Å²) in [5, 5.41) is 14.1. The van der Waals surface area contributed by atoms with Crippen molar-refractivity contribution >= 4 is 23.2 Å². The molecule has 2 aromatic rings. The molecule has 0 bridgehead atoms. The van der Waals surface area contributed by atoms with E-state index in [1.165, 1.54) is 24.3 Å². The molecule has 0 radical (unpaired) electrons. The lowest BCUT2D eigenvalue weighted by atomic mass is 10.3. The first-order valence-corrected chi connectivity index (χ1v) is 6.72. The van der Waals surface area contributed by atoms with Crippen molar-refractivity contribution in [2.24, 2.45) is 0 Å². The van der Waals surface area contributed by atoms with Crippen LogP contribution in [0.25, 0.3) is 0 Å². The van der Waals surface area contributed by atoms with E-state index in [-0.39, 0.29) is 5.75 Å². The Morgan fingerprint density at radius 3 is 1.82 bits per heavy atom. The van der Waals surface area contributed by atoms with E-state index in [1.54, 1.807) is 24.3 Å². The number of benzene rings is 2. The zero-order valence-electron chi connectivity index (χ0n) is 12.0. The van der Waals surface area contributed by atoms with E-state index in [2.05, 4.69) is 10.6 Å². The Kier molecular flexibility index (Phi) is 4.98. The quantitative estimate of drug-likeness (QED) is 0.597. The van der Waals surface area contributed by atoms with Gasteiger partial charge in [-0.3, -0.25) is 9.59 Å². The second-order valence-electron chi connectivity index (χ2n) is 4.41. The summed E-state index contributed by atoms with van der Waals surface area (Å²) < 4.78 is 5.29. The molecule has 0 heterocycles. The molecule has 0 saturated heterocycles. The summed E-state index contributed by atoms with van der Waals surface area (Å²) in [7, 11) is 0. The molecule has 6 heteroatoms. The van der Waals surface area contributed by atoms with E-state index in [0.717, 1.165) is 0 Å². The van der Waals surface area contributed by atoms with Crippen molar-refractivity contribution in [2.75, 3.05) is 17.2 Å². The number of carbonyl (C=O) groups is 2. The fourth-order valence-electron chi connectivity index (χ4n) is 1.72. The van der Waals surface area contributed by atoms with E-state index in [1.807, 2.05) is 6.92 Å². The summed E-state index contributed by atoms with van der Waals surface area (Å²) in [5.74, 6) is -0.803. The zero-order valence-corrected chi connectivity index (χ0v) is 12.0. The number of amides is 2. The zero-order chi connectivity index (χ0) is 15.9. The third kappa shape index (κ3) is 4.24. The Bertz CT molecular complexity index is 651. The molecule has 0 aliphatic heterocycles. The highest BCUT2D eigenvalue weighted by Crippen LogP contribution is 2.16. The summed E-state index contributed by atoms with van der Waals surface area (Å²) in [6, 6.07) is 12.5. The highest BCUT2D eigenvalue weighted by atomic mass is 16.5. The number of nitrogens with one attached hydrogen (secondary N) is 2. The smallest absolute Gasteiger partial charge is 0.314 e. The molecule has 2 aromatic carbocycles. The Morgan fingerprint density at radius 2 is 1.36 bits per heavy atom. The fourth-order valence-corrected chi connectivity index (χ4v) is 1.72. The number of rotatable bonds is 4. The van der Waals surface area contributed by atoms with Crippen LogP contribution in [0.15, 0.2) is 48.5 Å². The van der Waals surface area contributed by atoms with Crippen molar-refractivity contribution in [2.45, 2.75) is 6.92 Å². The van der Waals surface area contributed by atoms with E-state index in [0.29, 0.717) is 23.7 Å². The van der Waals surface area contributed by atoms with Crippen LogP contribution >= 0.6 is 0 Å². The summed E-state index contributed by atoms with van der Waals surface area (Å²) in [5.41, 5.74) is 0.916. The monoisotopic (exact) mass is 300 g/mol. The van der Waals surface area contributed by atoms with Crippen molar-refractivity contribution in [1.29, 1.82) is 0 Å². The first kappa shape index (κ1) is 15.4. The molecule has 0 atom stereocenters. The second kappa shape index (κ2) is 7.12. The second-order valence-corrected chi connectivity index (χ2v) is 4.41. The van der Waals surface area contributed by atoms with Gasteiger partial charge in [0, 0.05) is 11.4 Å². The number of carbonyl (C=O) groups excluding carboxylic acids is 2. The van der Waals surface area contributed by atoms with Crippen LogP contribution in [0.3, 0.4) is 0 Å². The van der Waals surface area contributed by atoms with Crippen LogP contribution in [-0.4, -0.2) is 23.5 Å². The van der Waals surface area contributed by atoms with Crippen LogP contribution in [-0.2, 0) is 9.59 Å². The maximum atomic E-state index is 11.8. The molecule has 2 amide bonds. The van der Waals surface area contributed by atoms with Crippen molar-refractivity contribution in [3.63, 3.8) is 0 Å². The molecular weight excluding hydrogens is 284 g/mol. The molecular formula is C16H16N2O4. The maximum Gasteiger partial charge on any atom is 0.314 e. The summed E-state index contributed by atoms with van der Waals surface area (Å²) >= 11 is 0. The molecule has 0 aliphatic carbocycles. The summed E-state index contributed by atoms with van der Waals surface area (Å²) in [4.78, 5) is 23.6. The SMILES string of the molecule is CCOc1ccc(NC(=O)C(=O)Nc2ccc(O)cc2)cc1. The van der Waals surface area contributed by atoms with Crippen LogP contribution in [0.1, 0.15) is 6.92 Å². The molecule has 0 unspecified atom stereocenters. The largest absolute Gasteiger partial charge is 0.508 e. The van der Waals surface area contributed by atoms with Gasteiger partial charge in [0.25, 0.3) is 0 Å². The average Bonchev–Trinajstić information content (AvgIpc) is 2.51. The Labute approximate surface area is 127 Å². The number of phenols is 1. The third-order valence-corrected chi connectivity index (χ3v) is 2.75. The van der Waals surface area contributed by atoms with Crippen molar-refractivity contribution in [3.05, 3.63) is 48.5 Å². The summed E-state index contributed by atoms with van der Waals surface area (Å²) in [6.07, 6.45) is 0. The van der Waals surface area contributed by atoms with Crippen LogP contribution in [0, 0.1) is 0 Å². The lowest BCUT2D eigenvalue weighted by Gasteiger charge is -2.08. The number of ether oxygens (including phenoxy) is 1. The average molecular weight is 300 g/mol. The molecule has 0 fully saturated rings. The van der Waals surface area contributed by atoms with Crippen molar-refractivity contribution in [1.82, 2.24) is 0 Å². The van der Waals surface area contributed by atoms with Gasteiger partial charge in [-0.15, -0.1) is 0 Å². The highest BCUT2D eigenvalue weighted by molar-refractivity contribution is 6.43. The third-order valence-electron chi connectivity index (χ3n) is 2.75. The molecule has 3 N–H and O–H groups in total. The first-order valence-electron chi connectivity index (χ1n) is 6.72. The Hall–Kier alpha value is -3.02. The number of aromatic hydroxyl groups is 1. The first-order chi connectivity index (χ1) is 10.6. The lowest BCUT2D eigenvalue weighted by molar-refractivity contribution is -0.132. The highest BCUT2D eigenvalue weighted by Gasteiger charge is 2.14. The minimum atomic E-state index is -0.792. The predicted octanol–water partition coefficient (Wildman–Crippen LogP) is 2.37. The maximum absolute atomic E-state index is 11.8. The van der Waals surface area contributed by atoms with Gasteiger partial charge in [-0.25, -0.2) is 0 Å². The van der Waals surface area contributed by atoms with Crippen LogP contribution < -0.4 is 15.4 Å². The Balaban J connectivity index is 1.93. The molecule has 0 spiro atoms. The minimum absolute atomic E-state index is 0.0804. The molecule has 6 nitrogen and oxygen atoms in total. The molecule has 0 aliphatic rings. The van der Waals surface area contributed by atoms with E-state index in [4.69, 9.17) is 9.84 Å². The van der Waals surface area contributed by atoms with Crippen LogP contribution in [0.2, 0.25) is 0 Å². The van der Waals surface area contributed by atoms with Gasteiger partial charge in [-0.05, 0) is 55.5 Å². The van der Waals surface area contributed by atoms with E-state index >= 15 is 0 Å². The molecule has 2 rings (SSSR count).